The van der Waals surface area contributed by atoms with E-state index in [-0.39, 0.29) is 10.7 Å². The van der Waals surface area contributed by atoms with E-state index < -0.39 is 10.0 Å². The molecule has 0 atom stereocenters. The molecule has 0 unspecified atom stereocenters. The van der Waals surface area contributed by atoms with E-state index in [2.05, 4.69) is 5.32 Å². The Balaban J connectivity index is 2.23. The van der Waals surface area contributed by atoms with Crippen molar-refractivity contribution in [3.8, 4) is 0 Å². The molecule has 0 saturated heterocycles. The summed E-state index contributed by atoms with van der Waals surface area (Å²) in [5.74, 6) is -0.306. The lowest BCUT2D eigenvalue weighted by Crippen LogP contribution is -2.14. The number of nitrogens with two attached hydrogens (primary N) is 1. The quantitative estimate of drug-likeness (QED) is 0.909. The minimum atomic E-state index is -3.75. The molecule has 106 valence electrons. The van der Waals surface area contributed by atoms with Gasteiger partial charge in [0.05, 0.1) is 4.90 Å². The molecule has 2 aromatic rings. The van der Waals surface area contributed by atoms with E-state index in [9.17, 15) is 12.8 Å². The van der Waals surface area contributed by atoms with E-state index in [0.717, 1.165) is 5.56 Å². The molecule has 20 heavy (non-hydrogen) atoms. The zero-order valence-corrected chi connectivity index (χ0v) is 11.7. The molecule has 0 spiro atoms. The normalized spacial score (nSPS) is 11.3. The second-order valence-corrected chi connectivity index (χ2v) is 5.99. The van der Waals surface area contributed by atoms with Crippen molar-refractivity contribution in [3.05, 3.63) is 59.4 Å². The van der Waals surface area contributed by atoms with Gasteiger partial charge in [-0.1, -0.05) is 18.2 Å². The van der Waals surface area contributed by atoms with Crippen molar-refractivity contribution in [2.24, 2.45) is 5.14 Å². The van der Waals surface area contributed by atoms with Gasteiger partial charge in [-0.15, -0.1) is 0 Å². The molecule has 2 rings (SSSR count). The molecular weight excluding hydrogens is 279 g/mol. The first kappa shape index (κ1) is 14.5. The van der Waals surface area contributed by atoms with Gasteiger partial charge in [-0.05, 0) is 42.3 Å². The molecule has 6 heteroatoms. The molecular formula is C14H15FN2O2S. The lowest BCUT2D eigenvalue weighted by molar-refractivity contribution is 0.597. The van der Waals surface area contributed by atoms with Gasteiger partial charge in [0.2, 0.25) is 10.0 Å². The first-order valence-electron chi connectivity index (χ1n) is 5.98. The van der Waals surface area contributed by atoms with Crippen molar-refractivity contribution in [3.63, 3.8) is 0 Å². The van der Waals surface area contributed by atoms with Crippen LogP contribution < -0.4 is 10.5 Å². The van der Waals surface area contributed by atoms with Gasteiger partial charge in [0, 0.05) is 12.2 Å². The minimum absolute atomic E-state index is 0.0849. The Hall–Kier alpha value is -1.92. The molecule has 0 aliphatic carbocycles. The van der Waals surface area contributed by atoms with Crippen LogP contribution in [0.4, 0.5) is 10.1 Å². The van der Waals surface area contributed by atoms with Gasteiger partial charge in [-0.3, -0.25) is 0 Å². The van der Waals surface area contributed by atoms with E-state index in [1.165, 1.54) is 18.2 Å². The maximum atomic E-state index is 13.1. The summed E-state index contributed by atoms with van der Waals surface area (Å²) in [5.41, 5.74) is 1.97. The van der Waals surface area contributed by atoms with Crippen LogP contribution in [0.5, 0.6) is 0 Å². The number of rotatable bonds is 4. The summed E-state index contributed by atoms with van der Waals surface area (Å²) in [6, 6.07) is 11.0. The van der Waals surface area contributed by atoms with E-state index in [1.54, 1.807) is 31.2 Å². The van der Waals surface area contributed by atoms with Crippen molar-refractivity contribution in [2.75, 3.05) is 5.32 Å². The van der Waals surface area contributed by atoms with Crippen molar-refractivity contribution in [1.82, 2.24) is 0 Å². The molecule has 0 heterocycles. The molecule has 0 aliphatic heterocycles. The fraction of sp³-hybridized carbons (Fsp3) is 0.143. The Bertz CT molecular complexity index is 730. The lowest BCUT2D eigenvalue weighted by Gasteiger charge is -2.12. The average Bonchev–Trinajstić information content (AvgIpc) is 2.36. The van der Waals surface area contributed by atoms with Crippen LogP contribution >= 0.6 is 0 Å². The summed E-state index contributed by atoms with van der Waals surface area (Å²) >= 11 is 0. The number of hydrogen-bond acceptors (Lipinski definition) is 3. The van der Waals surface area contributed by atoms with Crippen molar-refractivity contribution < 1.29 is 12.8 Å². The third kappa shape index (κ3) is 3.34. The number of benzene rings is 2. The van der Waals surface area contributed by atoms with Gasteiger partial charge in [-0.25, -0.2) is 17.9 Å². The first-order valence-corrected chi connectivity index (χ1v) is 7.53. The van der Waals surface area contributed by atoms with Crippen LogP contribution in [0.2, 0.25) is 0 Å². The highest BCUT2D eigenvalue weighted by molar-refractivity contribution is 7.89. The molecule has 3 N–H and O–H groups in total. The molecule has 0 saturated carbocycles. The summed E-state index contributed by atoms with van der Waals surface area (Å²) < 4.78 is 35.9. The summed E-state index contributed by atoms with van der Waals surface area (Å²) in [6.07, 6.45) is 0. The van der Waals surface area contributed by atoms with Crippen LogP contribution in [0, 0.1) is 12.7 Å². The number of hydrogen-bond donors (Lipinski definition) is 2. The fourth-order valence-electron chi connectivity index (χ4n) is 1.96. The van der Waals surface area contributed by atoms with Crippen molar-refractivity contribution >= 4 is 15.7 Å². The minimum Gasteiger partial charge on any atom is -0.381 e. The number of nitrogens with one attached hydrogen (secondary N) is 1. The average molecular weight is 294 g/mol. The molecule has 2 aromatic carbocycles. The first-order chi connectivity index (χ1) is 9.38. The Morgan fingerprint density at radius 3 is 2.55 bits per heavy atom. The smallest absolute Gasteiger partial charge is 0.238 e. The highest BCUT2D eigenvalue weighted by Gasteiger charge is 2.13. The van der Waals surface area contributed by atoms with Crippen LogP contribution in [0.1, 0.15) is 11.1 Å². The van der Waals surface area contributed by atoms with E-state index in [0.29, 0.717) is 17.8 Å². The lowest BCUT2D eigenvalue weighted by atomic mass is 10.1. The molecule has 0 amide bonds. The zero-order chi connectivity index (χ0) is 14.8. The van der Waals surface area contributed by atoms with Crippen LogP contribution in [-0.4, -0.2) is 8.42 Å². The SMILES string of the molecule is Cc1c(NCc2cccc(F)c2)cccc1S(N)(=O)=O. The molecule has 0 bridgehead atoms. The highest BCUT2D eigenvalue weighted by atomic mass is 32.2. The van der Waals surface area contributed by atoms with E-state index >= 15 is 0 Å². The Labute approximate surface area is 117 Å². The second kappa shape index (κ2) is 5.60. The number of anilines is 1. The molecule has 0 aromatic heterocycles. The third-order valence-electron chi connectivity index (χ3n) is 2.96. The Morgan fingerprint density at radius 1 is 1.20 bits per heavy atom. The fourth-order valence-corrected chi connectivity index (χ4v) is 2.76. The predicted octanol–water partition coefficient (Wildman–Crippen LogP) is 2.39. The van der Waals surface area contributed by atoms with E-state index in [1.807, 2.05) is 0 Å². The summed E-state index contributed by atoms with van der Waals surface area (Å²) in [6.45, 7) is 2.07. The summed E-state index contributed by atoms with van der Waals surface area (Å²) in [4.78, 5) is 0.0849. The van der Waals surface area contributed by atoms with Crippen LogP contribution in [0.25, 0.3) is 0 Å². The number of halogens is 1. The Kier molecular flexibility index (Phi) is 4.06. The molecule has 0 aliphatic rings. The van der Waals surface area contributed by atoms with Gasteiger partial charge in [-0.2, -0.15) is 0 Å². The summed E-state index contributed by atoms with van der Waals surface area (Å²) in [7, 11) is -3.75. The Morgan fingerprint density at radius 2 is 1.90 bits per heavy atom. The van der Waals surface area contributed by atoms with Crippen molar-refractivity contribution in [2.45, 2.75) is 18.4 Å². The standard InChI is InChI=1S/C14H15FN2O2S/c1-10-13(6-3-7-14(10)20(16,18)19)17-9-11-4-2-5-12(15)8-11/h2-8,17H,9H2,1H3,(H2,16,18,19). The van der Waals surface area contributed by atoms with Gasteiger partial charge in [0.15, 0.2) is 0 Å². The topological polar surface area (TPSA) is 72.2 Å². The number of sulfonamides is 1. The van der Waals surface area contributed by atoms with Gasteiger partial charge in [0.1, 0.15) is 5.82 Å². The molecule has 0 fully saturated rings. The van der Waals surface area contributed by atoms with Crippen molar-refractivity contribution in [1.29, 1.82) is 0 Å². The summed E-state index contributed by atoms with van der Waals surface area (Å²) in [5, 5.41) is 8.23. The second-order valence-electron chi connectivity index (χ2n) is 4.46. The largest absolute Gasteiger partial charge is 0.381 e. The highest BCUT2D eigenvalue weighted by Crippen LogP contribution is 2.22. The van der Waals surface area contributed by atoms with Crippen LogP contribution in [0.15, 0.2) is 47.4 Å². The van der Waals surface area contributed by atoms with Gasteiger partial charge in [0.25, 0.3) is 0 Å². The van der Waals surface area contributed by atoms with E-state index in [4.69, 9.17) is 5.14 Å². The third-order valence-corrected chi connectivity index (χ3v) is 4.02. The maximum Gasteiger partial charge on any atom is 0.238 e. The monoisotopic (exact) mass is 294 g/mol. The maximum absolute atomic E-state index is 13.1. The van der Waals surface area contributed by atoms with Gasteiger partial charge < -0.3 is 5.32 Å². The predicted molar refractivity (Wildman–Crippen MR) is 76.3 cm³/mol. The van der Waals surface area contributed by atoms with Gasteiger partial charge >= 0.3 is 0 Å². The van der Waals surface area contributed by atoms with Crippen LogP contribution in [0.3, 0.4) is 0 Å². The number of primary sulfonamides is 1. The van der Waals surface area contributed by atoms with Crippen LogP contribution in [-0.2, 0) is 16.6 Å². The molecule has 4 nitrogen and oxygen atoms in total. The zero-order valence-electron chi connectivity index (χ0n) is 10.9. The molecule has 0 radical (unpaired) electrons.